The molecule has 0 atom stereocenters. The van der Waals surface area contributed by atoms with Gasteiger partial charge in [-0.1, -0.05) is 19.1 Å². The van der Waals surface area contributed by atoms with Gasteiger partial charge in [-0.15, -0.1) is 0 Å². The molecule has 6 heteroatoms. The molecule has 0 saturated carbocycles. The summed E-state index contributed by atoms with van der Waals surface area (Å²) in [6.07, 6.45) is 1.53. The van der Waals surface area contributed by atoms with Crippen LogP contribution >= 0.6 is 0 Å². The lowest BCUT2D eigenvalue weighted by molar-refractivity contribution is 0.0956. The number of nitrogens with one attached hydrogen (secondary N) is 1. The molecular formula is C22H26N4O2. The lowest BCUT2D eigenvalue weighted by Gasteiger charge is -2.15. The van der Waals surface area contributed by atoms with Gasteiger partial charge in [0, 0.05) is 18.7 Å². The molecule has 1 aromatic heterocycles. The van der Waals surface area contributed by atoms with E-state index in [-0.39, 0.29) is 11.5 Å². The van der Waals surface area contributed by atoms with Gasteiger partial charge in [0.25, 0.3) is 11.5 Å². The van der Waals surface area contributed by atoms with E-state index in [0.29, 0.717) is 28.7 Å². The van der Waals surface area contributed by atoms with Crippen LogP contribution < -0.4 is 10.9 Å². The normalized spacial score (nSPS) is 11.2. The van der Waals surface area contributed by atoms with Crippen LogP contribution in [0, 0.1) is 6.92 Å². The largest absolute Gasteiger partial charge is 0.352 e. The van der Waals surface area contributed by atoms with Crippen LogP contribution in [0.3, 0.4) is 0 Å². The predicted octanol–water partition coefficient (Wildman–Crippen LogP) is 2.90. The molecule has 1 heterocycles. The number of aryl methyl sites for hydroxylation is 1. The minimum atomic E-state index is -0.157. The Morgan fingerprint density at radius 3 is 2.68 bits per heavy atom. The zero-order valence-corrected chi connectivity index (χ0v) is 16.8. The number of amides is 1. The number of carbonyl (C=O) groups excluding carboxylic acids is 1. The molecule has 146 valence electrons. The lowest BCUT2D eigenvalue weighted by atomic mass is 10.1. The third-order valence-electron chi connectivity index (χ3n) is 4.88. The fourth-order valence-electron chi connectivity index (χ4n) is 3.14. The van der Waals surface area contributed by atoms with Gasteiger partial charge in [0.15, 0.2) is 0 Å². The molecule has 0 aliphatic carbocycles. The van der Waals surface area contributed by atoms with Gasteiger partial charge in [-0.3, -0.25) is 14.2 Å². The van der Waals surface area contributed by atoms with E-state index in [1.807, 2.05) is 45.2 Å². The van der Waals surface area contributed by atoms with Crippen LogP contribution in [0.4, 0.5) is 0 Å². The number of fused-ring (bicyclic) bond motifs is 1. The smallest absolute Gasteiger partial charge is 0.265 e. The Hall–Kier alpha value is -2.99. The molecule has 1 N–H and O–H groups in total. The zero-order valence-electron chi connectivity index (χ0n) is 16.8. The Morgan fingerprint density at radius 1 is 1.18 bits per heavy atom. The van der Waals surface area contributed by atoms with Crippen LogP contribution in [0.2, 0.25) is 0 Å². The second-order valence-corrected chi connectivity index (χ2v) is 6.96. The second kappa shape index (κ2) is 8.35. The van der Waals surface area contributed by atoms with Gasteiger partial charge in [0.1, 0.15) is 6.33 Å². The number of rotatable bonds is 6. The highest BCUT2D eigenvalue weighted by molar-refractivity contribution is 5.94. The molecule has 3 aromatic rings. The van der Waals surface area contributed by atoms with E-state index in [0.717, 1.165) is 24.2 Å². The summed E-state index contributed by atoms with van der Waals surface area (Å²) in [4.78, 5) is 32.0. The number of hydrogen-bond acceptors (Lipinski definition) is 4. The average molecular weight is 378 g/mol. The molecule has 1 amide bonds. The van der Waals surface area contributed by atoms with Crippen LogP contribution in [0.25, 0.3) is 16.6 Å². The first kappa shape index (κ1) is 19.8. The number of nitrogens with zero attached hydrogens (tertiary/aromatic N) is 3. The quantitative estimate of drug-likeness (QED) is 0.716. The molecule has 0 fully saturated rings. The van der Waals surface area contributed by atoms with Crippen molar-refractivity contribution < 1.29 is 4.79 Å². The van der Waals surface area contributed by atoms with Gasteiger partial charge in [-0.05, 0) is 62.8 Å². The molecule has 0 spiro atoms. The van der Waals surface area contributed by atoms with Crippen LogP contribution in [-0.4, -0.2) is 40.5 Å². The van der Waals surface area contributed by atoms with E-state index in [2.05, 4.69) is 22.1 Å². The highest BCUT2D eigenvalue weighted by Crippen LogP contribution is 2.17. The summed E-state index contributed by atoms with van der Waals surface area (Å²) in [5.41, 5.74) is 3.69. The molecule has 0 unspecified atom stereocenters. The Balaban J connectivity index is 2.11. The summed E-state index contributed by atoms with van der Waals surface area (Å²) < 4.78 is 1.52. The highest BCUT2D eigenvalue weighted by atomic mass is 16.1. The van der Waals surface area contributed by atoms with E-state index < -0.39 is 0 Å². The SMILES string of the molecule is CCNC(=O)c1ccc(C)c(-n2cnc3ccc(CN(C)CC)cc3c2=O)c1. The summed E-state index contributed by atoms with van der Waals surface area (Å²) >= 11 is 0. The van der Waals surface area contributed by atoms with E-state index in [4.69, 9.17) is 0 Å². The third-order valence-corrected chi connectivity index (χ3v) is 4.88. The van der Waals surface area contributed by atoms with Crippen LogP contribution in [0.1, 0.15) is 35.3 Å². The minimum absolute atomic E-state index is 0.137. The van der Waals surface area contributed by atoms with Crippen molar-refractivity contribution in [1.29, 1.82) is 0 Å². The van der Waals surface area contributed by atoms with Crippen LogP contribution in [-0.2, 0) is 6.54 Å². The molecule has 0 aliphatic heterocycles. The monoisotopic (exact) mass is 378 g/mol. The molecule has 6 nitrogen and oxygen atoms in total. The van der Waals surface area contributed by atoms with Crippen molar-refractivity contribution in [2.45, 2.75) is 27.3 Å². The summed E-state index contributed by atoms with van der Waals surface area (Å²) in [6.45, 7) is 8.14. The number of carbonyl (C=O) groups is 1. The van der Waals surface area contributed by atoms with Gasteiger partial charge >= 0.3 is 0 Å². The van der Waals surface area contributed by atoms with Crippen molar-refractivity contribution in [2.24, 2.45) is 0 Å². The van der Waals surface area contributed by atoms with Gasteiger partial charge in [0.05, 0.1) is 16.6 Å². The third kappa shape index (κ3) is 3.97. The predicted molar refractivity (Wildman–Crippen MR) is 112 cm³/mol. The maximum absolute atomic E-state index is 13.2. The van der Waals surface area contributed by atoms with Crippen molar-refractivity contribution in [1.82, 2.24) is 19.8 Å². The minimum Gasteiger partial charge on any atom is -0.352 e. The van der Waals surface area contributed by atoms with Gasteiger partial charge < -0.3 is 10.2 Å². The zero-order chi connectivity index (χ0) is 20.3. The van der Waals surface area contributed by atoms with Crippen molar-refractivity contribution in [3.63, 3.8) is 0 Å². The molecule has 2 aromatic carbocycles. The first-order chi connectivity index (χ1) is 13.4. The summed E-state index contributed by atoms with van der Waals surface area (Å²) in [7, 11) is 2.04. The van der Waals surface area contributed by atoms with Crippen molar-refractivity contribution in [3.8, 4) is 5.69 Å². The second-order valence-electron chi connectivity index (χ2n) is 6.96. The van der Waals surface area contributed by atoms with Crippen molar-refractivity contribution in [2.75, 3.05) is 20.1 Å². The van der Waals surface area contributed by atoms with Gasteiger partial charge in [-0.2, -0.15) is 0 Å². The molecular weight excluding hydrogens is 352 g/mol. The molecule has 3 rings (SSSR count). The van der Waals surface area contributed by atoms with E-state index in [9.17, 15) is 9.59 Å². The van der Waals surface area contributed by atoms with E-state index in [1.165, 1.54) is 10.9 Å². The maximum atomic E-state index is 13.2. The topological polar surface area (TPSA) is 67.2 Å². The average Bonchev–Trinajstić information content (AvgIpc) is 2.69. The number of aromatic nitrogens is 2. The summed E-state index contributed by atoms with van der Waals surface area (Å²) in [5.74, 6) is -0.157. The fraction of sp³-hybridized carbons (Fsp3) is 0.318. The van der Waals surface area contributed by atoms with Crippen molar-refractivity contribution >= 4 is 16.8 Å². The first-order valence-electron chi connectivity index (χ1n) is 9.52. The van der Waals surface area contributed by atoms with E-state index >= 15 is 0 Å². The molecule has 0 bridgehead atoms. The highest BCUT2D eigenvalue weighted by Gasteiger charge is 2.12. The maximum Gasteiger partial charge on any atom is 0.265 e. The summed E-state index contributed by atoms with van der Waals surface area (Å²) in [5, 5.41) is 3.36. The van der Waals surface area contributed by atoms with Gasteiger partial charge in [0.2, 0.25) is 0 Å². The number of hydrogen-bond donors (Lipinski definition) is 1. The number of benzene rings is 2. The fourth-order valence-corrected chi connectivity index (χ4v) is 3.14. The Labute approximate surface area is 164 Å². The van der Waals surface area contributed by atoms with E-state index in [1.54, 1.807) is 12.1 Å². The van der Waals surface area contributed by atoms with Crippen LogP contribution in [0.5, 0.6) is 0 Å². The molecule has 0 saturated heterocycles. The Morgan fingerprint density at radius 2 is 1.96 bits per heavy atom. The standard InChI is InChI=1S/C22H26N4O2/c1-5-23-21(27)17-9-7-15(3)20(12-17)26-14-24-19-10-8-16(13-25(4)6-2)11-18(19)22(26)28/h7-12,14H,5-6,13H2,1-4H3,(H,23,27). The molecule has 0 aliphatic rings. The molecule has 0 radical (unpaired) electrons. The van der Waals surface area contributed by atoms with Crippen molar-refractivity contribution in [3.05, 3.63) is 69.8 Å². The van der Waals surface area contributed by atoms with Crippen LogP contribution in [0.15, 0.2) is 47.5 Å². The first-order valence-corrected chi connectivity index (χ1v) is 9.52. The van der Waals surface area contributed by atoms with Gasteiger partial charge in [-0.25, -0.2) is 4.98 Å². The molecule has 28 heavy (non-hydrogen) atoms. The Bertz CT molecular complexity index is 1070. The summed E-state index contributed by atoms with van der Waals surface area (Å²) in [6, 6.07) is 11.2. The lowest BCUT2D eigenvalue weighted by Crippen LogP contribution is -2.24. The Kier molecular flexibility index (Phi) is 5.90.